The Morgan fingerprint density at radius 1 is 1.23 bits per heavy atom. The number of hydrogen-bond donors (Lipinski definition) is 1. The molecule has 0 radical (unpaired) electrons. The maximum Gasteiger partial charge on any atom is 0.230 e. The molecule has 0 bridgehead atoms. The Balaban J connectivity index is 1.53. The van der Waals surface area contributed by atoms with Crippen molar-refractivity contribution in [3.05, 3.63) is 41.0 Å². The Hall–Kier alpha value is -2.36. The molecule has 3 aromatic rings. The van der Waals surface area contributed by atoms with Crippen LogP contribution in [0.25, 0.3) is 9.88 Å². The second-order valence-corrected chi connectivity index (χ2v) is 9.47. The lowest BCUT2D eigenvalue weighted by molar-refractivity contribution is -0.115. The number of ether oxygens (including phenoxy) is 1. The number of nitrogens with one attached hydrogen (secondary N) is 1. The van der Waals surface area contributed by atoms with Gasteiger partial charge in [-0.15, -0.1) is 16.4 Å². The molecule has 0 saturated heterocycles. The van der Waals surface area contributed by atoms with Gasteiger partial charge in [-0.25, -0.2) is 4.98 Å². The van der Waals surface area contributed by atoms with Crippen LogP contribution in [-0.4, -0.2) is 50.6 Å². The summed E-state index contributed by atoms with van der Waals surface area (Å²) in [7, 11) is 0. The predicted molar refractivity (Wildman–Crippen MR) is 127 cm³/mol. The minimum Gasteiger partial charge on any atom is -0.492 e. The molecule has 1 N–H and O–H groups in total. The molecule has 0 fully saturated rings. The van der Waals surface area contributed by atoms with E-state index in [1.807, 2.05) is 36.6 Å². The van der Waals surface area contributed by atoms with E-state index in [1.165, 1.54) is 22.9 Å². The molecule has 0 aliphatic rings. The SMILES string of the molecule is Cc1nnsc1-c1nc(CC(=O)Nc2cccc(OCCN(C(C)C)C(C)C)c2)cs1. The van der Waals surface area contributed by atoms with Crippen molar-refractivity contribution in [2.24, 2.45) is 0 Å². The highest BCUT2D eigenvalue weighted by Gasteiger charge is 2.14. The fraction of sp³-hybridized carbons (Fsp3) is 0.455. The Kier molecular flexibility index (Phi) is 8.11. The number of rotatable bonds is 10. The molecule has 166 valence electrons. The molecule has 0 saturated carbocycles. The zero-order valence-electron chi connectivity index (χ0n) is 18.6. The topological polar surface area (TPSA) is 80.2 Å². The Bertz CT molecular complexity index is 991. The standard InChI is InChI=1S/C22H29N5O2S2/c1-14(2)27(15(3)4)9-10-29-19-8-6-7-17(11-19)23-20(28)12-18-13-30-22(24-18)21-16(5)25-26-31-21/h6-8,11,13-15H,9-10,12H2,1-5H3,(H,23,28). The molecule has 0 unspecified atom stereocenters. The monoisotopic (exact) mass is 459 g/mol. The Morgan fingerprint density at radius 3 is 2.68 bits per heavy atom. The van der Waals surface area contributed by atoms with Crippen molar-refractivity contribution in [3.63, 3.8) is 0 Å². The maximum absolute atomic E-state index is 12.5. The van der Waals surface area contributed by atoms with Crippen molar-refractivity contribution in [3.8, 4) is 15.6 Å². The van der Waals surface area contributed by atoms with Gasteiger partial charge >= 0.3 is 0 Å². The van der Waals surface area contributed by atoms with Crippen LogP contribution in [0.3, 0.4) is 0 Å². The average molecular weight is 460 g/mol. The second-order valence-electron chi connectivity index (χ2n) is 7.86. The van der Waals surface area contributed by atoms with E-state index in [1.54, 1.807) is 0 Å². The van der Waals surface area contributed by atoms with Gasteiger partial charge in [0.25, 0.3) is 0 Å². The molecule has 0 aliphatic heterocycles. The van der Waals surface area contributed by atoms with Crippen LogP contribution in [-0.2, 0) is 11.2 Å². The maximum atomic E-state index is 12.5. The van der Waals surface area contributed by atoms with Gasteiger partial charge in [0.1, 0.15) is 22.2 Å². The van der Waals surface area contributed by atoms with Crippen molar-refractivity contribution >= 4 is 34.5 Å². The summed E-state index contributed by atoms with van der Waals surface area (Å²) in [6, 6.07) is 8.44. The van der Waals surface area contributed by atoms with Gasteiger partial charge in [-0.2, -0.15) is 0 Å². The molecule has 1 amide bonds. The van der Waals surface area contributed by atoms with Gasteiger partial charge in [-0.3, -0.25) is 9.69 Å². The van der Waals surface area contributed by atoms with Crippen LogP contribution in [0.1, 0.15) is 39.1 Å². The van der Waals surface area contributed by atoms with Gasteiger partial charge in [-0.1, -0.05) is 10.6 Å². The summed E-state index contributed by atoms with van der Waals surface area (Å²) in [5.41, 5.74) is 2.31. The number of anilines is 1. The van der Waals surface area contributed by atoms with E-state index < -0.39 is 0 Å². The summed E-state index contributed by atoms with van der Waals surface area (Å²) < 4.78 is 9.86. The van der Waals surface area contributed by atoms with Gasteiger partial charge in [0.15, 0.2) is 0 Å². The van der Waals surface area contributed by atoms with Crippen LogP contribution in [0.15, 0.2) is 29.6 Å². The summed E-state index contributed by atoms with van der Waals surface area (Å²) in [5, 5.41) is 9.71. The zero-order valence-corrected chi connectivity index (χ0v) is 20.2. The number of amides is 1. The van der Waals surface area contributed by atoms with E-state index in [0.29, 0.717) is 24.4 Å². The highest BCUT2D eigenvalue weighted by molar-refractivity contribution is 7.18. The first kappa shape index (κ1) is 23.3. The van der Waals surface area contributed by atoms with E-state index in [9.17, 15) is 4.79 Å². The Morgan fingerprint density at radius 2 is 2.00 bits per heavy atom. The van der Waals surface area contributed by atoms with E-state index in [0.717, 1.165) is 33.6 Å². The van der Waals surface area contributed by atoms with Crippen LogP contribution in [0, 0.1) is 6.92 Å². The lowest BCUT2D eigenvalue weighted by Gasteiger charge is -2.30. The van der Waals surface area contributed by atoms with Crippen LogP contribution in [0.2, 0.25) is 0 Å². The molecular weight excluding hydrogens is 430 g/mol. The summed E-state index contributed by atoms with van der Waals surface area (Å²) in [6.07, 6.45) is 0.213. The number of nitrogens with zero attached hydrogens (tertiary/aromatic N) is 4. The average Bonchev–Trinajstić information content (AvgIpc) is 3.33. The number of benzene rings is 1. The fourth-order valence-corrected chi connectivity index (χ4v) is 4.94. The molecule has 0 atom stereocenters. The number of aromatic nitrogens is 3. The van der Waals surface area contributed by atoms with Crippen LogP contribution < -0.4 is 10.1 Å². The second kappa shape index (κ2) is 10.8. The van der Waals surface area contributed by atoms with Crippen LogP contribution in [0.4, 0.5) is 5.69 Å². The van der Waals surface area contributed by atoms with Crippen LogP contribution >= 0.6 is 22.9 Å². The van der Waals surface area contributed by atoms with Gasteiger partial charge in [0.05, 0.1) is 17.8 Å². The molecule has 7 nitrogen and oxygen atoms in total. The Labute approximate surface area is 191 Å². The van der Waals surface area contributed by atoms with Crippen molar-refractivity contribution in [1.29, 1.82) is 0 Å². The van der Waals surface area contributed by atoms with Crippen molar-refractivity contribution in [1.82, 2.24) is 19.5 Å². The quantitative estimate of drug-likeness (QED) is 0.475. The smallest absolute Gasteiger partial charge is 0.230 e. The number of carbonyl (C=O) groups excluding carboxylic acids is 1. The molecule has 2 aromatic heterocycles. The third-order valence-corrected chi connectivity index (χ3v) is 6.67. The highest BCUT2D eigenvalue weighted by atomic mass is 32.1. The van der Waals surface area contributed by atoms with Gasteiger partial charge in [-0.05, 0) is 58.3 Å². The minimum atomic E-state index is -0.112. The predicted octanol–water partition coefficient (Wildman–Crippen LogP) is 4.65. The molecule has 0 aliphatic carbocycles. The lowest BCUT2D eigenvalue weighted by Crippen LogP contribution is -2.39. The normalized spacial score (nSPS) is 11.5. The molecule has 0 spiro atoms. The van der Waals surface area contributed by atoms with Crippen molar-refractivity contribution in [2.45, 2.75) is 53.1 Å². The fourth-order valence-electron chi connectivity index (χ4n) is 3.34. The first-order valence-electron chi connectivity index (χ1n) is 10.4. The number of hydrogen-bond acceptors (Lipinski definition) is 8. The number of aryl methyl sites for hydroxylation is 1. The third kappa shape index (κ3) is 6.56. The molecule has 1 aromatic carbocycles. The molecule has 9 heteroatoms. The first-order chi connectivity index (χ1) is 14.8. The zero-order chi connectivity index (χ0) is 22.4. The van der Waals surface area contributed by atoms with Crippen molar-refractivity contribution in [2.75, 3.05) is 18.5 Å². The van der Waals surface area contributed by atoms with E-state index in [4.69, 9.17) is 4.74 Å². The summed E-state index contributed by atoms with van der Waals surface area (Å²) in [6.45, 7) is 12.1. The lowest BCUT2D eigenvalue weighted by atomic mass is 10.2. The molecule has 3 rings (SSSR count). The first-order valence-corrected chi connectivity index (χ1v) is 12.0. The van der Waals surface area contributed by atoms with Gasteiger partial charge in [0, 0.05) is 35.8 Å². The van der Waals surface area contributed by atoms with Gasteiger partial charge < -0.3 is 10.1 Å². The molecule has 2 heterocycles. The van der Waals surface area contributed by atoms with E-state index in [2.05, 4.69) is 52.5 Å². The number of thiazole rings is 1. The summed E-state index contributed by atoms with van der Waals surface area (Å²) in [5.74, 6) is 0.633. The van der Waals surface area contributed by atoms with E-state index >= 15 is 0 Å². The minimum absolute atomic E-state index is 0.112. The number of carbonyl (C=O) groups is 1. The van der Waals surface area contributed by atoms with Crippen LogP contribution in [0.5, 0.6) is 5.75 Å². The van der Waals surface area contributed by atoms with Crippen molar-refractivity contribution < 1.29 is 9.53 Å². The highest BCUT2D eigenvalue weighted by Crippen LogP contribution is 2.29. The van der Waals surface area contributed by atoms with E-state index in [-0.39, 0.29) is 12.3 Å². The largest absolute Gasteiger partial charge is 0.492 e. The third-order valence-electron chi connectivity index (χ3n) is 4.80. The molecule has 31 heavy (non-hydrogen) atoms. The molecular formula is C22H29N5O2S2. The summed E-state index contributed by atoms with van der Waals surface area (Å²) >= 11 is 2.82. The summed E-state index contributed by atoms with van der Waals surface area (Å²) in [4.78, 5) is 20.4. The van der Waals surface area contributed by atoms with Gasteiger partial charge in [0.2, 0.25) is 5.91 Å².